The Hall–Kier alpha value is -1.70. The molecular weight excluding hydrogens is 515 g/mol. The number of benzene rings is 1. The van der Waals surface area contributed by atoms with Crippen LogP contribution in [0.5, 0.6) is 0 Å². The summed E-state index contributed by atoms with van der Waals surface area (Å²) < 4.78 is 74.0. The topological polar surface area (TPSA) is 73.3 Å². The number of likely N-dealkylation sites (tertiary alicyclic amines) is 1. The van der Waals surface area contributed by atoms with Gasteiger partial charge in [0.1, 0.15) is 4.21 Å². The van der Waals surface area contributed by atoms with Gasteiger partial charge in [-0.15, -0.1) is 11.3 Å². The molecule has 0 bridgehead atoms. The molecule has 0 amide bonds. The molecule has 3 aliphatic heterocycles. The Kier molecular flexibility index (Phi) is 6.88. The number of thiophene rings is 1. The van der Waals surface area contributed by atoms with Crippen LogP contribution in [0.3, 0.4) is 0 Å². The minimum absolute atomic E-state index is 0.193. The number of nitrogens with zero attached hydrogens (tertiary/aromatic N) is 3. The molecule has 12 heteroatoms. The van der Waals surface area contributed by atoms with E-state index < -0.39 is 21.8 Å². The summed E-state index contributed by atoms with van der Waals surface area (Å²) in [5.74, 6) is 0.483. The number of hydrogen-bond donors (Lipinski definition) is 1. The van der Waals surface area contributed by atoms with Gasteiger partial charge in [-0.2, -0.15) is 17.5 Å². The number of alkyl halides is 3. The molecule has 4 atom stereocenters. The number of piperazine rings is 1. The highest BCUT2D eigenvalue weighted by Gasteiger charge is 2.51. The zero-order valence-corrected chi connectivity index (χ0v) is 21.5. The van der Waals surface area contributed by atoms with Crippen LogP contribution in [0.1, 0.15) is 18.9 Å². The van der Waals surface area contributed by atoms with E-state index in [1.54, 1.807) is 29.6 Å². The Bertz CT molecular complexity index is 1140. The maximum absolute atomic E-state index is 13.3. The Labute approximate surface area is 213 Å². The first-order chi connectivity index (χ1) is 17.0. The summed E-state index contributed by atoms with van der Waals surface area (Å²) >= 11 is 1.19. The van der Waals surface area contributed by atoms with Gasteiger partial charge in [0.25, 0.3) is 10.0 Å². The van der Waals surface area contributed by atoms with Crippen LogP contribution in [0, 0.1) is 5.92 Å². The molecule has 1 aromatic carbocycles. The summed E-state index contributed by atoms with van der Waals surface area (Å²) in [7, 11) is -3.62. The second kappa shape index (κ2) is 9.55. The molecular formula is C24H30F3N3O4S2. The number of ether oxygens (including phenoxy) is 1. The number of aliphatic hydroxyl groups is 1. The highest BCUT2D eigenvalue weighted by molar-refractivity contribution is 7.91. The van der Waals surface area contributed by atoms with Crippen LogP contribution in [0.15, 0.2) is 46.0 Å². The zero-order chi connectivity index (χ0) is 25.7. The van der Waals surface area contributed by atoms with Crippen molar-refractivity contribution in [3.63, 3.8) is 0 Å². The smallest absolute Gasteiger partial charge is 0.377 e. The van der Waals surface area contributed by atoms with Gasteiger partial charge >= 0.3 is 6.18 Å². The van der Waals surface area contributed by atoms with Gasteiger partial charge in [-0.25, -0.2) is 8.42 Å². The third-order valence-corrected chi connectivity index (χ3v) is 10.8. The molecule has 3 fully saturated rings. The highest BCUT2D eigenvalue weighted by atomic mass is 32.2. The van der Waals surface area contributed by atoms with Crippen molar-refractivity contribution in [1.82, 2.24) is 9.21 Å². The summed E-state index contributed by atoms with van der Waals surface area (Å²) in [4.78, 5) is 4.37. The van der Waals surface area contributed by atoms with E-state index in [4.69, 9.17) is 4.74 Å². The first-order valence-corrected chi connectivity index (χ1v) is 14.3. The number of anilines is 1. The fourth-order valence-electron chi connectivity index (χ4n) is 5.43. The van der Waals surface area contributed by atoms with Crippen molar-refractivity contribution >= 4 is 27.0 Å². The lowest BCUT2D eigenvalue weighted by Crippen LogP contribution is -2.58. The summed E-state index contributed by atoms with van der Waals surface area (Å²) in [5, 5.41) is 11.8. The normalized spacial score (nSPS) is 27.8. The van der Waals surface area contributed by atoms with Crippen LogP contribution < -0.4 is 4.90 Å². The van der Waals surface area contributed by atoms with E-state index in [-0.39, 0.29) is 30.8 Å². The first kappa shape index (κ1) is 25.9. The molecule has 1 aromatic heterocycles. The van der Waals surface area contributed by atoms with Crippen molar-refractivity contribution in [2.24, 2.45) is 5.92 Å². The fraction of sp³-hybridized carbons (Fsp3) is 0.583. The Morgan fingerprint density at radius 2 is 1.86 bits per heavy atom. The molecule has 3 saturated heterocycles. The number of sulfonamides is 1. The van der Waals surface area contributed by atoms with Crippen LogP contribution in [0.25, 0.3) is 0 Å². The molecule has 4 heterocycles. The van der Waals surface area contributed by atoms with Gasteiger partial charge in [-0.1, -0.05) is 18.2 Å². The Morgan fingerprint density at radius 1 is 1.11 bits per heavy atom. The Morgan fingerprint density at radius 3 is 2.50 bits per heavy atom. The van der Waals surface area contributed by atoms with Crippen molar-refractivity contribution in [3.05, 3.63) is 47.3 Å². The van der Waals surface area contributed by atoms with E-state index in [9.17, 15) is 26.7 Å². The van der Waals surface area contributed by atoms with Crippen molar-refractivity contribution in [3.8, 4) is 0 Å². The number of halogens is 3. The van der Waals surface area contributed by atoms with Crippen LogP contribution in [-0.4, -0.2) is 86.9 Å². The molecule has 198 valence electrons. The summed E-state index contributed by atoms with van der Waals surface area (Å²) in [6, 6.07) is 8.87. The van der Waals surface area contributed by atoms with Gasteiger partial charge in [0.2, 0.25) is 0 Å². The molecule has 0 spiro atoms. The van der Waals surface area contributed by atoms with Crippen LogP contribution in [0.4, 0.5) is 18.9 Å². The molecule has 1 N–H and O–H groups in total. The van der Waals surface area contributed by atoms with Crippen LogP contribution in [-0.2, 0) is 20.4 Å². The van der Waals surface area contributed by atoms with Gasteiger partial charge in [0, 0.05) is 57.5 Å². The zero-order valence-electron chi connectivity index (χ0n) is 19.9. The van der Waals surface area contributed by atoms with E-state index in [0.717, 1.165) is 33.0 Å². The lowest BCUT2D eigenvalue weighted by atomic mass is 9.95. The first-order valence-electron chi connectivity index (χ1n) is 12.0. The third-order valence-electron chi connectivity index (χ3n) is 7.59. The molecule has 0 radical (unpaired) electrons. The lowest BCUT2D eigenvalue weighted by molar-refractivity contribution is -0.258. The summed E-state index contributed by atoms with van der Waals surface area (Å²) in [6.45, 7) is 4.77. The molecule has 7 nitrogen and oxygen atoms in total. The number of hydrogen-bond acceptors (Lipinski definition) is 7. The van der Waals surface area contributed by atoms with E-state index in [1.165, 1.54) is 27.8 Å². The van der Waals surface area contributed by atoms with E-state index in [0.29, 0.717) is 28.9 Å². The molecule has 36 heavy (non-hydrogen) atoms. The van der Waals surface area contributed by atoms with Crippen molar-refractivity contribution in [2.75, 3.05) is 50.8 Å². The summed E-state index contributed by atoms with van der Waals surface area (Å²) in [6.07, 6.45) is -3.57. The van der Waals surface area contributed by atoms with Gasteiger partial charge in [0.15, 0.2) is 5.60 Å². The average Bonchev–Trinajstić information content (AvgIpc) is 3.57. The van der Waals surface area contributed by atoms with Gasteiger partial charge < -0.3 is 14.7 Å². The van der Waals surface area contributed by atoms with Crippen molar-refractivity contribution in [1.29, 1.82) is 0 Å². The quantitative estimate of drug-likeness (QED) is 0.602. The van der Waals surface area contributed by atoms with E-state index >= 15 is 0 Å². The fourth-order valence-corrected chi connectivity index (χ4v) is 8.04. The molecule has 2 aromatic rings. The van der Waals surface area contributed by atoms with Crippen LogP contribution >= 0.6 is 11.3 Å². The predicted molar refractivity (Wildman–Crippen MR) is 131 cm³/mol. The standard InChI is InChI=1S/C24H30F3N3O4S2/c1-23(31,24(25,26)27)18-4-6-19(7-5-18)30-10-9-29(36(32,33)22-3-2-12-35-22)15-20(30)14-28-13-17-8-11-34-21(17)16-28/h2-7,12,17,20-21,31H,8-11,13-16H2,1H3/t17-,20-,21+,23+/m0/s1. The second-order valence-corrected chi connectivity index (χ2v) is 13.0. The second-order valence-electron chi connectivity index (χ2n) is 9.94. The molecule has 0 unspecified atom stereocenters. The van der Waals surface area contributed by atoms with Gasteiger partial charge in [-0.3, -0.25) is 4.90 Å². The molecule has 3 aliphatic rings. The maximum Gasteiger partial charge on any atom is 0.421 e. The molecule has 0 aliphatic carbocycles. The number of rotatable bonds is 6. The average molecular weight is 546 g/mol. The maximum atomic E-state index is 13.3. The minimum Gasteiger partial charge on any atom is -0.377 e. The van der Waals surface area contributed by atoms with E-state index in [2.05, 4.69) is 9.80 Å². The lowest BCUT2D eigenvalue weighted by Gasteiger charge is -2.43. The minimum atomic E-state index is -4.80. The SMILES string of the molecule is C[C@@](O)(c1ccc(N2CCN(S(=O)(=O)c3cccs3)C[C@@H]2CN2C[C@@H]3CCO[C@@H]3C2)cc1)C(F)(F)F. The van der Waals surface area contributed by atoms with Crippen molar-refractivity contribution in [2.45, 2.75) is 41.5 Å². The largest absolute Gasteiger partial charge is 0.421 e. The van der Waals surface area contributed by atoms with Gasteiger partial charge in [0.05, 0.1) is 12.1 Å². The monoisotopic (exact) mass is 545 g/mol. The highest BCUT2D eigenvalue weighted by Crippen LogP contribution is 2.39. The molecule has 0 saturated carbocycles. The van der Waals surface area contributed by atoms with E-state index in [1.807, 2.05) is 0 Å². The Balaban J connectivity index is 1.38. The van der Waals surface area contributed by atoms with Crippen molar-refractivity contribution < 1.29 is 31.4 Å². The van der Waals surface area contributed by atoms with Crippen LogP contribution in [0.2, 0.25) is 0 Å². The number of fused-ring (bicyclic) bond motifs is 1. The third kappa shape index (κ3) is 4.79. The van der Waals surface area contributed by atoms with Gasteiger partial charge in [-0.05, 0) is 42.5 Å². The predicted octanol–water partition coefficient (Wildman–Crippen LogP) is 3.12. The summed E-state index contributed by atoms with van der Waals surface area (Å²) in [5.41, 5.74) is -2.49. The molecule has 5 rings (SSSR count).